The molecule has 1 N–H and O–H groups in total. The lowest BCUT2D eigenvalue weighted by Gasteiger charge is -2.23. The summed E-state index contributed by atoms with van der Waals surface area (Å²) in [4.78, 5) is 28.7. The molecule has 5 aromatic rings. The summed E-state index contributed by atoms with van der Waals surface area (Å²) in [5.74, 6) is -0.640. The van der Waals surface area contributed by atoms with Gasteiger partial charge in [-0.05, 0) is 71.6 Å². The van der Waals surface area contributed by atoms with Crippen LogP contribution in [0.4, 0.5) is 9.52 Å². The van der Waals surface area contributed by atoms with Crippen molar-refractivity contribution in [3.8, 4) is 11.5 Å². The van der Waals surface area contributed by atoms with Crippen molar-refractivity contribution < 1.29 is 28.6 Å². The molecule has 2 heterocycles. The molecule has 1 aliphatic heterocycles. The average molecular weight is 668 g/mol. The molecule has 1 atom stereocenters. The van der Waals surface area contributed by atoms with E-state index in [-0.39, 0.29) is 22.3 Å². The highest BCUT2D eigenvalue weighted by Crippen LogP contribution is 2.44. The van der Waals surface area contributed by atoms with E-state index in [9.17, 15) is 19.1 Å². The molecule has 1 aromatic heterocycles. The first-order valence-corrected chi connectivity index (χ1v) is 16.7. The number of aromatic nitrogens is 2. The Balaban J connectivity index is 1.35. The minimum absolute atomic E-state index is 0.0758. The normalized spacial score (nSPS) is 15.6. The van der Waals surface area contributed by atoms with Crippen LogP contribution in [0.1, 0.15) is 41.6 Å². The fourth-order valence-electron chi connectivity index (χ4n) is 5.03. The number of carbonyl (C=O) groups is 2. The second-order valence-corrected chi connectivity index (χ2v) is 12.8. The quantitative estimate of drug-likeness (QED) is 0.0470. The first-order chi connectivity index (χ1) is 22.9. The number of Topliss-reactive ketones (excluding diaryl/α,β-unsaturated/α-hetero) is 1. The largest absolute Gasteiger partial charge is 0.507 e. The first kappa shape index (κ1) is 32.0. The molecule has 0 bridgehead atoms. The van der Waals surface area contributed by atoms with Crippen molar-refractivity contribution in [3.63, 3.8) is 0 Å². The van der Waals surface area contributed by atoms with E-state index in [0.29, 0.717) is 45.9 Å². The smallest absolute Gasteiger partial charge is 0.301 e. The topological polar surface area (TPSA) is 102 Å². The Morgan fingerprint density at radius 2 is 1.66 bits per heavy atom. The summed E-state index contributed by atoms with van der Waals surface area (Å²) in [5.41, 5.74) is 2.71. The number of hydrogen-bond donors (Lipinski definition) is 1. The zero-order valence-corrected chi connectivity index (χ0v) is 27.0. The molecule has 1 aliphatic rings. The van der Waals surface area contributed by atoms with E-state index in [0.717, 1.165) is 28.9 Å². The summed E-state index contributed by atoms with van der Waals surface area (Å²) < 4.78 is 25.6. The van der Waals surface area contributed by atoms with Gasteiger partial charge >= 0.3 is 5.91 Å². The Morgan fingerprint density at radius 1 is 0.894 bits per heavy atom. The standard InChI is InChI=1S/C36H30FN3O5S2/c1-2-19-44-28-17-13-25(14-18-28)32(41)30-31(26-9-6-10-29(20-26)45-21-23-7-4-3-5-8-23)40(34(43)33(30)42)35-38-39-36(47-35)46-22-24-11-15-27(37)16-12-24/h3-18,20,31,41H,2,19,21-22H2,1H3. The molecule has 0 spiro atoms. The third-order valence-electron chi connectivity index (χ3n) is 7.34. The third-order valence-corrected chi connectivity index (χ3v) is 9.47. The van der Waals surface area contributed by atoms with Crippen molar-refractivity contribution in [1.82, 2.24) is 10.2 Å². The van der Waals surface area contributed by atoms with Crippen LogP contribution >= 0.6 is 23.1 Å². The van der Waals surface area contributed by atoms with Crippen LogP contribution in [0.3, 0.4) is 0 Å². The fraction of sp³-hybridized carbons (Fsp3) is 0.167. The molecule has 47 heavy (non-hydrogen) atoms. The molecular formula is C36H30FN3O5S2. The molecule has 11 heteroatoms. The van der Waals surface area contributed by atoms with Gasteiger partial charge in [-0.2, -0.15) is 0 Å². The number of nitrogens with zero attached hydrogens (tertiary/aromatic N) is 3. The van der Waals surface area contributed by atoms with Crippen LogP contribution in [0.5, 0.6) is 11.5 Å². The predicted molar refractivity (Wildman–Crippen MR) is 180 cm³/mol. The van der Waals surface area contributed by atoms with Gasteiger partial charge in [0, 0.05) is 11.3 Å². The highest BCUT2D eigenvalue weighted by molar-refractivity contribution is 8.00. The lowest BCUT2D eigenvalue weighted by Crippen LogP contribution is -2.29. The maximum atomic E-state index is 13.7. The Kier molecular flexibility index (Phi) is 9.94. The minimum atomic E-state index is -1.01. The number of halogens is 1. The van der Waals surface area contributed by atoms with Gasteiger partial charge in [0.25, 0.3) is 5.78 Å². The van der Waals surface area contributed by atoms with Gasteiger partial charge in [0.1, 0.15) is 29.7 Å². The number of ether oxygens (including phenoxy) is 2. The number of aliphatic hydroxyl groups excluding tert-OH is 1. The van der Waals surface area contributed by atoms with Crippen molar-refractivity contribution in [2.45, 2.75) is 36.1 Å². The summed E-state index contributed by atoms with van der Waals surface area (Å²) in [6, 6.07) is 28.7. The lowest BCUT2D eigenvalue weighted by atomic mass is 9.95. The number of benzene rings is 4. The van der Waals surface area contributed by atoms with Gasteiger partial charge in [0.2, 0.25) is 5.13 Å². The van der Waals surface area contributed by atoms with E-state index in [4.69, 9.17) is 9.47 Å². The van der Waals surface area contributed by atoms with E-state index in [1.54, 1.807) is 60.7 Å². The van der Waals surface area contributed by atoms with Gasteiger partial charge in [0.05, 0.1) is 18.2 Å². The first-order valence-electron chi connectivity index (χ1n) is 14.9. The van der Waals surface area contributed by atoms with Crippen LogP contribution in [0.25, 0.3) is 5.76 Å². The van der Waals surface area contributed by atoms with E-state index >= 15 is 0 Å². The Hall–Kier alpha value is -5.00. The molecule has 0 saturated carbocycles. The van der Waals surface area contributed by atoms with Gasteiger partial charge in [-0.15, -0.1) is 10.2 Å². The summed E-state index contributed by atoms with van der Waals surface area (Å²) in [6.07, 6.45) is 0.845. The highest BCUT2D eigenvalue weighted by Gasteiger charge is 2.48. The van der Waals surface area contributed by atoms with Crippen molar-refractivity contribution >= 4 is 45.7 Å². The second-order valence-electron chi connectivity index (χ2n) is 10.7. The Morgan fingerprint density at radius 3 is 2.40 bits per heavy atom. The molecule has 1 fully saturated rings. The summed E-state index contributed by atoms with van der Waals surface area (Å²) in [7, 11) is 0. The van der Waals surface area contributed by atoms with Crippen molar-refractivity contribution in [2.75, 3.05) is 11.5 Å². The van der Waals surface area contributed by atoms with E-state index < -0.39 is 17.7 Å². The number of anilines is 1. The van der Waals surface area contributed by atoms with Crippen LogP contribution in [0.2, 0.25) is 0 Å². The average Bonchev–Trinajstić information content (AvgIpc) is 3.68. The molecule has 8 nitrogen and oxygen atoms in total. The lowest BCUT2D eigenvalue weighted by molar-refractivity contribution is -0.132. The van der Waals surface area contributed by atoms with Gasteiger partial charge in [0.15, 0.2) is 4.34 Å². The molecule has 6 rings (SSSR count). The molecule has 1 amide bonds. The molecule has 1 unspecified atom stereocenters. The second kappa shape index (κ2) is 14.6. The third kappa shape index (κ3) is 7.37. The van der Waals surface area contributed by atoms with Crippen molar-refractivity contribution in [2.24, 2.45) is 0 Å². The maximum absolute atomic E-state index is 13.7. The number of aliphatic hydroxyl groups is 1. The molecular weight excluding hydrogens is 638 g/mol. The van der Waals surface area contributed by atoms with Gasteiger partial charge in [-0.3, -0.25) is 14.5 Å². The minimum Gasteiger partial charge on any atom is -0.507 e. The summed E-state index contributed by atoms with van der Waals surface area (Å²) in [5, 5.41) is 20.3. The summed E-state index contributed by atoms with van der Waals surface area (Å²) >= 11 is 2.54. The molecule has 0 radical (unpaired) electrons. The zero-order chi connectivity index (χ0) is 32.8. The monoisotopic (exact) mass is 667 g/mol. The molecule has 238 valence electrons. The maximum Gasteiger partial charge on any atom is 0.301 e. The van der Waals surface area contributed by atoms with Crippen LogP contribution in [0, 0.1) is 5.82 Å². The van der Waals surface area contributed by atoms with E-state index in [2.05, 4.69) is 10.2 Å². The number of ketones is 1. The van der Waals surface area contributed by atoms with Crippen molar-refractivity contribution in [1.29, 1.82) is 0 Å². The summed E-state index contributed by atoms with van der Waals surface area (Å²) in [6.45, 7) is 2.87. The number of carbonyl (C=O) groups excluding carboxylic acids is 2. The van der Waals surface area contributed by atoms with Gasteiger partial charge < -0.3 is 14.6 Å². The van der Waals surface area contributed by atoms with Crippen LogP contribution in [0.15, 0.2) is 113 Å². The van der Waals surface area contributed by atoms with Crippen LogP contribution in [-0.2, 0) is 21.9 Å². The van der Waals surface area contributed by atoms with Gasteiger partial charge in [-0.1, -0.05) is 84.6 Å². The van der Waals surface area contributed by atoms with E-state index in [1.165, 1.54) is 28.8 Å². The fourth-order valence-corrected chi connectivity index (χ4v) is 6.85. The van der Waals surface area contributed by atoms with Gasteiger partial charge in [-0.25, -0.2) is 4.39 Å². The van der Waals surface area contributed by atoms with Crippen molar-refractivity contribution in [3.05, 3.63) is 137 Å². The number of rotatable bonds is 12. The molecule has 0 aliphatic carbocycles. The SMILES string of the molecule is CCCOc1ccc(C(O)=C2C(=O)C(=O)N(c3nnc(SCc4ccc(F)cc4)s3)C2c2cccc(OCc3ccccc3)c2)cc1. The zero-order valence-electron chi connectivity index (χ0n) is 25.3. The number of amides is 1. The predicted octanol–water partition coefficient (Wildman–Crippen LogP) is 7.96. The molecule has 4 aromatic carbocycles. The molecule has 1 saturated heterocycles. The Bertz CT molecular complexity index is 1900. The number of hydrogen-bond acceptors (Lipinski definition) is 9. The van der Waals surface area contributed by atoms with Crippen LogP contribution < -0.4 is 14.4 Å². The van der Waals surface area contributed by atoms with E-state index in [1.807, 2.05) is 37.3 Å². The van der Waals surface area contributed by atoms with Crippen LogP contribution in [-0.4, -0.2) is 33.6 Å². The highest BCUT2D eigenvalue weighted by atomic mass is 32.2. The number of thioether (sulfide) groups is 1. The Labute approximate surface area is 279 Å².